The number of likely N-dealkylation sites (tertiary alicyclic amines) is 1. The summed E-state index contributed by atoms with van der Waals surface area (Å²) in [6, 6.07) is 21.6. The highest BCUT2D eigenvalue weighted by molar-refractivity contribution is 6.35. The molecule has 1 heterocycles. The van der Waals surface area contributed by atoms with Crippen LogP contribution in [0.4, 0.5) is 5.69 Å². The normalized spacial score (nSPS) is 16.0. The van der Waals surface area contributed by atoms with Crippen LogP contribution in [-0.4, -0.2) is 59.0 Å². The van der Waals surface area contributed by atoms with E-state index >= 15 is 0 Å². The third-order valence-electron chi connectivity index (χ3n) is 6.57. The summed E-state index contributed by atoms with van der Waals surface area (Å²) in [6.45, 7) is 2.87. The molecule has 1 aliphatic rings. The van der Waals surface area contributed by atoms with Gasteiger partial charge < -0.3 is 15.3 Å². The summed E-state index contributed by atoms with van der Waals surface area (Å²) >= 11 is 12.1. The van der Waals surface area contributed by atoms with Gasteiger partial charge in [0.15, 0.2) is 0 Å². The van der Waals surface area contributed by atoms with Crippen LogP contribution in [0.25, 0.3) is 11.1 Å². The number of amides is 2. The highest BCUT2D eigenvalue weighted by Gasteiger charge is 2.28. The lowest BCUT2D eigenvalue weighted by Crippen LogP contribution is -2.44. The molecule has 1 saturated heterocycles. The average Bonchev–Trinajstić information content (AvgIpc) is 3.30. The minimum absolute atomic E-state index is 0.108. The van der Waals surface area contributed by atoms with Gasteiger partial charge in [-0.3, -0.25) is 14.5 Å². The molecular weight excluding hydrogens is 523 g/mol. The fourth-order valence-corrected chi connectivity index (χ4v) is 5.09. The summed E-state index contributed by atoms with van der Waals surface area (Å²) in [7, 11) is 0. The first-order valence-corrected chi connectivity index (χ1v) is 13.0. The number of nitrogens with one attached hydrogen (secondary N) is 1. The molecule has 0 aliphatic carbocycles. The smallest absolute Gasteiger partial charge is 0.244 e. The fraction of sp³-hybridized carbons (Fsp3) is 0.276. The average molecular weight is 551 g/mol. The Hall–Kier alpha value is -3.41. The van der Waals surface area contributed by atoms with Crippen LogP contribution in [0.15, 0.2) is 66.7 Å². The number of hydrogen-bond donors (Lipinski definition) is 2. The second-order valence-corrected chi connectivity index (χ2v) is 10.3. The van der Waals surface area contributed by atoms with Crippen molar-refractivity contribution in [2.75, 3.05) is 31.5 Å². The number of benzene rings is 3. The molecule has 1 fully saturated rings. The molecule has 196 valence electrons. The van der Waals surface area contributed by atoms with Crippen LogP contribution in [0.1, 0.15) is 30.5 Å². The molecule has 0 bridgehead atoms. The molecule has 0 spiro atoms. The molecule has 38 heavy (non-hydrogen) atoms. The number of β-amino-alcohol motifs (C(OH)–C–C–N with tert-alkyl or cyclic N) is 1. The molecule has 1 unspecified atom stereocenters. The van der Waals surface area contributed by atoms with E-state index in [1.54, 1.807) is 24.3 Å². The van der Waals surface area contributed by atoms with E-state index in [-0.39, 0.29) is 24.9 Å². The zero-order valence-corrected chi connectivity index (χ0v) is 22.4. The summed E-state index contributed by atoms with van der Waals surface area (Å²) in [6.07, 6.45) is 0.171. The summed E-state index contributed by atoms with van der Waals surface area (Å²) in [5, 5.41) is 22.6. The molecule has 3 aromatic rings. The van der Waals surface area contributed by atoms with Crippen LogP contribution in [-0.2, 0) is 9.59 Å². The summed E-state index contributed by atoms with van der Waals surface area (Å²) < 4.78 is 0. The quantitative estimate of drug-likeness (QED) is 0.405. The number of carbonyl (C=O) groups is 2. The molecule has 2 atom stereocenters. The number of nitrogens with zero attached hydrogens (tertiary/aromatic N) is 3. The molecule has 0 radical (unpaired) electrons. The third-order valence-corrected chi connectivity index (χ3v) is 7.01. The number of rotatable bonds is 8. The van der Waals surface area contributed by atoms with Gasteiger partial charge in [0.1, 0.15) is 6.54 Å². The highest BCUT2D eigenvalue weighted by Crippen LogP contribution is 2.27. The predicted octanol–water partition coefficient (Wildman–Crippen LogP) is 5.13. The van der Waals surface area contributed by atoms with Crippen LogP contribution in [0, 0.1) is 11.3 Å². The van der Waals surface area contributed by atoms with E-state index in [2.05, 4.69) is 11.4 Å². The van der Waals surface area contributed by atoms with Gasteiger partial charge in [-0.15, -0.1) is 0 Å². The molecule has 7 nitrogen and oxygen atoms in total. The maximum atomic E-state index is 13.4. The Bertz CT molecular complexity index is 1340. The topological polar surface area (TPSA) is 96.7 Å². The second-order valence-electron chi connectivity index (χ2n) is 9.40. The number of hydrogen-bond acceptors (Lipinski definition) is 5. The van der Waals surface area contributed by atoms with Crippen LogP contribution in [0.2, 0.25) is 10.0 Å². The molecule has 3 aromatic carbocycles. The van der Waals surface area contributed by atoms with Gasteiger partial charge in [0.05, 0.1) is 30.3 Å². The van der Waals surface area contributed by atoms with Crippen LogP contribution in [0.5, 0.6) is 0 Å². The van der Waals surface area contributed by atoms with E-state index in [1.807, 2.05) is 54.3 Å². The lowest BCUT2D eigenvalue weighted by Gasteiger charge is -2.31. The Morgan fingerprint density at radius 3 is 2.45 bits per heavy atom. The van der Waals surface area contributed by atoms with E-state index in [9.17, 15) is 20.0 Å². The van der Waals surface area contributed by atoms with E-state index in [1.165, 1.54) is 4.90 Å². The second kappa shape index (κ2) is 12.4. The Morgan fingerprint density at radius 1 is 1.11 bits per heavy atom. The van der Waals surface area contributed by atoms with Crippen molar-refractivity contribution in [2.45, 2.75) is 25.5 Å². The third kappa shape index (κ3) is 7.12. The number of aliphatic hydroxyl groups is 1. The van der Waals surface area contributed by atoms with E-state index in [0.29, 0.717) is 40.8 Å². The molecule has 0 aromatic heterocycles. The van der Waals surface area contributed by atoms with E-state index < -0.39 is 12.1 Å². The monoisotopic (exact) mass is 550 g/mol. The van der Waals surface area contributed by atoms with E-state index in [0.717, 1.165) is 16.7 Å². The predicted molar refractivity (Wildman–Crippen MR) is 149 cm³/mol. The summed E-state index contributed by atoms with van der Waals surface area (Å²) in [4.78, 5) is 29.9. The van der Waals surface area contributed by atoms with Crippen molar-refractivity contribution in [1.82, 2.24) is 9.80 Å². The SMILES string of the molecule is C[C@H](c1ccc(-c2cccc(C#N)c2)cc1)N(CC(=O)Nc1cc(Cl)cc(Cl)c1)C(=O)CN1CCC(O)C1. The first kappa shape index (κ1) is 27.6. The molecule has 2 amide bonds. The minimum atomic E-state index is -0.448. The van der Waals surface area contributed by atoms with Gasteiger partial charge in [-0.1, -0.05) is 59.6 Å². The highest BCUT2D eigenvalue weighted by atomic mass is 35.5. The first-order chi connectivity index (χ1) is 18.2. The molecule has 0 saturated carbocycles. The lowest BCUT2D eigenvalue weighted by molar-refractivity contribution is -0.137. The Morgan fingerprint density at radius 2 is 1.82 bits per heavy atom. The molecule has 1 aliphatic heterocycles. The van der Waals surface area contributed by atoms with Crippen LogP contribution >= 0.6 is 23.2 Å². The Balaban J connectivity index is 1.53. The van der Waals surface area contributed by atoms with Gasteiger partial charge in [0, 0.05) is 28.8 Å². The first-order valence-electron chi connectivity index (χ1n) is 12.3. The van der Waals surface area contributed by atoms with Gasteiger partial charge in [-0.05, 0) is 60.4 Å². The number of carbonyl (C=O) groups excluding carboxylic acids is 2. The molecular formula is C29H28Cl2N4O3. The van der Waals surface area contributed by atoms with Gasteiger partial charge >= 0.3 is 0 Å². The number of halogens is 2. The van der Waals surface area contributed by atoms with Gasteiger partial charge in [0.25, 0.3) is 0 Å². The van der Waals surface area contributed by atoms with Crippen LogP contribution in [0.3, 0.4) is 0 Å². The number of nitriles is 1. The van der Waals surface area contributed by atoms with Gasteiger partial charge in [0.2, 0.25) is 11.8 Å². The van der Waals surface area contributed by atoms with Crippen LogP contribution < -0.4 is 5.32 Å². The van der Waals surface area contributed by atoms with Gasteiger partial charge in [-0.25, -0.2) is 0 Å². The maximum Gasteiger partial charge on any atom is 0.244 e. The fourth-order valence-electron chi connectivity index (χ4n) is 4.56. The largest absolute Gasteiger partial charge is 0.392 e. The van der Waals surface area contributed by atoms with Crippen molar-refractivity contribution in [3.8, 4) is 17.2 Å². The standard InChI is InChI=1S/C29H28Cl2N4O3/c1-19(21-5-7-22(8-6-21)23-4-2-3-20(11-23)15-32)35(29(38)18-34-10-9-27(36)16-34)17-28(37)33-26-13-24(30)12-25(31)14-26/h2-8,11-14,19,27,36H,9-10,16-18H2,1H3,(H,33,37)/t19-,27?/m1/s1. The molecule has 9 heteroatoms. The van der Waals surface area contributed by atoms with Crippen molar-refractivity contribution in [3.05, 3.63) is 87.9 Å². The summed E-state index contributed by atoms with van der Waals surface area (Å²) in [5.41, 5.74) is 3.74. The molecule has 2 N–H and O–H groups in total. The minimum Gasteiger partial charge on any atom is -0.392 e. The Labute approximate surface area is 232 Å². The number of aliphatic hydroxyl groups excluding tert-OH is 1. The zero-order chi connectivity index (χ0) is 27.2. The number of anilines is 1. The van der Waals surface area contributed by atoms with Crippen molar-refractivity contribution in [1.29, 1.82) is 5.26 Å². The lowest BCUT2D eigenvalue weighted by atomic mass is 9.99. The van der Waals surface area contributed by atoms with Crippen molar-refractivity contribution in [2.24, 2.45) is 0 Å². The van der Waals surface area contributed by atoms with Crippen molar-refractivity contribution >= 4 is 40.7 Å². The zero-order valence-electron chi connectivity index (χ0n) is 20.9. The Kier molecular flexibility index (Phi) is 9.03. The van der Waals surface area contributed by atoms with E-state index in [4.69, 9.17) is 23.2 Å². The van der Waals surface area contributed by atoms with Gasteiger partial charge in [-0.2, -0.15) is 5.26 Å². The summed E-state index contributed by atoms with van der Waals surface area (Å²) in [5.74, 6) is -0.591. The van der Waals surface area contributed by atoms with Crippen molar-refractivity contribution < 1.29 is 14.7 Å². The maximum absolute atomic E-state index is 13.4. The molecule has 4 rings (SSSR count). The van der Waals surface area contributed by atoms with Crippen molar-refractivity contribution in [3.63, 3.8) is 0 Å².